The summed E-state index contributed by atoms with van der Waals surface area (Å²) in [7, 11) is 0. The third-order valence-corrected chi connectivity index (χ3v) is 24.2. The van der Waals surface area contributed by atoms with E-state index in [1.807, 2.05) is 34.6 Å². The van der Waals surface area contributed by atoms with Crippen LogP contribution >= 0.6 is 11.8 Å². The van der Waals surface area contributed by atoms with Crippen molar-refractivity contribution in [2.45, 2.75) is 361 Å². The molecule has 37 nitrogen and oxygen atoms in total. The first kappa shape index (κ1) is 123. The van der Waals surface area contributed by atoms with Crippen molar-refractivity contribution < 1.29 is 87.2 Å². The lowest BCUT2D eigenvalue weighted by Gasteiger charge is -2.27. The van der Waals surface area contributed by atoms with E-state index < -0.39 is 162 Å². The Labute approximate surface area is 804 Å². The van der Waals surface area contributed by atoms with Crippen molar-refractivity contribution in [3.63, 3.8) is 0 Å². The maximum Gasteiger partial charge on any atom is 0.305 e. The number of aliphatic imine (C=N–C) groups is 2. The number of nitrogens with one attached hydrogen (secondary N) is 8. The average Bonchev–Trinajstić information content (AvgIpc) is 0.984. The highest BCUT2D eigenvalue weighted by Crippen LogP contribution is 2.26. The summed E-state index contributed by atoms with van der Waals surface area (Å²) in [5.74, 6) is -15.1. The molecule has 0 aliphatic heterocycles. The molecule has 1 aromatic carbocycles. The van der Waals surface area contributed by atoms with Crippen LogP contribution in [0.3, 0.4) is 0 Å². The molecule has 0 unspecified atom stereocenters. The van der Waals surface area contributed by atoms with Gasteiger partial charge in [-0.05, 0) is 191 Å². The highest BCUT2D eigenvalue weighted by molar-refractivity contribution is 7.98. The number of Topliss-reactive ketones (excluding diaryl/α,β-unsaturated/α-hetero) is 6. The van der Waals surface area contributed by atoms with Gasteiger partial charge in [-0.3, -0.25) is 77.1 Å². The van der Waals surface area contributed by atoms with Crippen LogP contribution in [0.15, 0.2) is 46.8 Å². The van der Waals surface area contributed by atoms with Crippen LogP contribution in [-0.2, 0) is 84.8 Å². The first-order chi connectivity index (χ1) is 64.1. The first-order valence-corrected chi connectivity index (χ1v) is 50.4. The fourth-order valence-corrected chi connectivity index (χ4v) is 16.3. The molecule has 1 aromatic heterocycles. The van der Waals surface area contributed by atoms with Gasteiger partial charge in [0.2, 0.25) is 47.3 Å². The fourth-order valence-electron chi connectivity index (χ4n) is 15.9. The highest BCUT2D eigenvalue weighted by atomic mass is 32.2. The lowest BCUT2D eigenvalue weighted by atomic mass is 9.88. The number of carboxylic acids is 1. The number of aromatic amines is 1. The molecule has 1 heterocycles. The second-order valence-corrected chi connectivity index (χ2v) is 38.1. The number of carboxylic acid groups (broad SMARTS) is 1. The quantitative estimate of drug-likeness (QED) is 0.0181. The average molecular weight is 1920 g/mol. The molecule has 0 saturated carbocycles. The summed E-state index contributed by atoms with van der Waals surface area (Å²) in [6.45, 7) is 17.7. The van der Waals surface area contributed by atoms with Crippen molar-refractivity contribution in [3.05, 3.63) is 48.0 Å². The molecule has 766 valence electrons. The molecule has 14 atom stereocenters. The molecule has 0 bridgehead atoms. The van der Waals surface area contributed by atoms with Crippen molar-refractivity contribution >= 4 is 112 Å². The van der Waals surface area contributed by atoms with Gasteiger partial charge < -0.3 is 108 Å². The minimum atomic E-state index is -1.78. The molecule has 27 N–H and O–H groups in total. The Kier molecular flexibility index (Phi) is 66.2. The van der Waals surface area contributed by atoms with E-state index in [4.69, 9.17) is 45.9 Å². The predicted molar refractivity (Wildman–Crippen MR) is 527 cm³/mol. The molecule has 0 fully saturated rings. The zero-order valence-corrected chi connectivity index (χ0v) is 83.2. The van der Waals surface area contributed by atoms with E-state index in [2.05, 4.69) is 64.1 Å². The van der Waals surface area contributed by atoms with Gasteiger partial charge in [-0.1, -0.05) is 137 Å². The van der Waals surface area contributed by atoms with Crippen molar-refractivity contribution in [2.24, 2.45) is 103 Å². The number of imidazole rings is 1. The Bertz CT molecular complexity index is 3900. The third-order valence-electron chi connectivity index (χ3n) is 23.6. The lowest BCUT2D eigenvalue weighted by Crippen LogP contribution is -2.52. The van der Waals surface area contributed by atoms with Gasteiger partial charge in [-0.15, -0.1) is 0 Å². The number of carbonyl (C=O) groups is 15. The number of guanidine groups is 2. The number of hydrogen-bond donors (Lipinski definition) is 19. The number of nitrogens with two attached hydrogens (primary N) is 8. The summed E-state index contributed by atoms with van der Waals surface area (Å²) in [6.07, 6.45) is 23.2. The molecular weight excluding hydrogens is 1750 g/mol. The SMILES string of the molecule is CCCCCCCCCCCCCCCC(=O)N[C@@H](CCCCN)C(=O)N[C@@H](CCCCN)C(=O)C[C@@H](CC(C)C)C(=O)N[C@H](C)CCCN=C(N)N.CSCC[C@H](NC(=O)[C@H](C)CC(C)=O)C(=O)C[C@H](C(=O)N[C@@H](CC(=O)O)C(=O)C[C@@H](CCCCN)C(=O)N[C@@H](Cc1ccc(O)cc1)C(=O)C[C@@H](CCCN=C(N)N)C(=O)N[C@@H](CC(C)C)C(=O)C[C@@H](Cc1cnc[nH]1)C(N)=O)[C@@H](C)O. The summed E-state index contributed by atoms with van der Waals surface area (Å²) < 4.78 is 0. The first-order valence-electron chi connectivity index (χ1n) is 49.0. The third kappa shape index (κ3) is 57.8. The number of amides is 8. The Morgan fingerprint density at radius 3 is 1.38 bits per heavy atom. The largest absolute Gasteiger partial charge is 0.508 e. The van der Waals surface area contributed by atoms with Crippen LogP contribution in [0.4, 0.5) is 0 Å². The summed E-state index contributed by atoms with van der Waals surface area (Å²) >= 11 is 1.39. The van der Waals surface area contributed by atoms with Crippen LogP contribution in [0.5, 0.6) is 5.75 Å². The summed E-state index contributed by atoms with van der Waals surface area (Å²) in [5.41, 5.74) is 45.9. The molecule has 0 radical (unpaired) electrons. The number of carbonyl (C=O) groups excluding carboxylic acids is 14. The summed E-state index contributed by atoms with van der Waals surface area (Å²) in [6, 6.07) is -1.24. The van der Waals surface area contributed by atoms with Gasteiger partial charge >= 0.3 is 5.97 Å². The number of unbranched alkanes of at least 4 members (excludes halogenated alkanes) is 15. The molecule has 8 amide bonds. The van der Waals surface area contributed by atoms with Crippen LogP contribution in [0.2, 0.25) is 0 Å². The van der Waals surface area contributed by atoms with Gasteiger partial charge in [0, 0.05) is 106 Å². The second-order valence-electron chi connectivity index (χ2n) is 37.1. The number of aromatic hydroxyl groups is 1. The number of phenols is 1. The number of thioether (sulfide) groups is 1. The molecule has 135 heavy (non-hydrogen) atoms. The topological polar surface area (TPSA) is 663 Å². The van der Waals surface area contributed by atoms with Gasteiger partial charge in [0.1, 0.15) is 17.6 Å². The molecule has 2 aromatic rings. The van der Waals surface area contributed by atoms with Crippen molar-refractivity contribution in [2.75, 3.05) is 44.7 Å². The van der Waals surface area contributed by atoms with Crippen molar-refractivity contribution in [1.82, 2.24) is 47.2 Å². The van der Waals surface area contributed by atoms with Gasteiger partial charge in [0.25, 0.3) is 0 Å². The Hall–Kier alpha value is -9.79. The lowest BCUT2D eigenvalue weighted by molar-refractivity contribution is -0.142. The second kappa shape index (κ2) is 72.6. The number of aliphatic hydroxyl groups excluding tert-OH is 1. The predicted octanol–water partition coefficient (Wildman–Crippen LogP) is 6.95. The van der Waals surface area contributed by atoms with Crippen LogP contribution in [0.1, 0.15) is 311 Å². The number of benzene rings is 1. The minimum Gasteiger partial charge on any atom is -0.508 e. The minimum absolute atomic E-state index is 0.00120. The summed E-state index contributed by atoms with van der Waals surface area (Å²) in [4.78, 5) is 218. The van der Waals surface area contributed by atoms with Gasteiger partial charge in [0.15, 0.2) is 40.8 Å². The fraction of sp³-hybridized carbons (Fsp3) is 0.732. The Morgan fingerprint density at radius 1 is 0.437 bits per heavy atom. The maximum atomic E-state index is 14.7. The number of rotatable bonds is 79. The number of phenolic OH excluding ortho intramolecular Hbond substituents is 1. The molecular formula is C97H169N19O18S. The number of primary amides is 1. The van der Waals surface area contributed by atoms with Crippen LogP contribution in [-0.4, -0.2) is 218 Å². The van der Waals surface area contributed by atoms with Gasteiger partial charge in [-0.25, -0.2) is 4.98 Å². The molecule has 0 saturated heterocycles. The van der Waals surface area contributed by atoms with E-state index in [0.29, 0.717) is 107 Å². The maximum absolute atomic E-state index is 14.7. The van der Waals surface area contributed by atoms with E-state index in [-0.39, 0.29) is 142 Å². The van der Waals surface area contributed by atoms with E-state index >= 15 is 0 Å². The molecule has 2 rings (SSSR count). The number of aliphatic hydroxyl groups is 1. The normalized spacial score (nSPS) is 14.4. The van der Waals surface area contributed by atoms with E-state index in [1.54, 1.807) is 6.26 Å². The number of aromatic nitrogens is 2. The van der Waals surface area contributed by atoms with E-state index in [1.165, 1.54) is 134 Å². The van der Waals surface area contributed by atoms with Crippen LogP contribution in [0, 0.1) is 47.3 Å². The number of nitrogens with zero attached hydrogens (tertiary/aromatic N) is 3. The van der Waals surface area contributed by atoms with Crippen LogP contribution in [0.25, 0.3) is 0 Å². The molecule has 38 heteroatoms. The van der Waals surface area contributed by atoms with Crippen molar-refractivity contribution in [3.8, 4) is 5.75 Å². The molecule has 0 aliphatic carbocycles. The molecule has 0 aliphatic rings. The van der Waals surface area contributed by atoms with E-state index in [0.717, 1.165) is 25.7 Å². The van der Waals surface area contributed by atoms with Crippen molar-refractivity contribution in [1.29, 1.82) is 0 Å². The Balaban J connectivity index is 0.00000149. The Morgan fingerprint density at radius 2 is 0.881 bits per heavy atom. The summed E-state index contributed by atoms with van der Waals surface area (Å²) in [5, 5.41) is 50.4. The zero-order chi connectivity index (χ0) is 101. The smallest absolute Gasteiger partial charge is 0.305 e. The number of ketones is 6. The highest BCUT2D eigenvalue weighted by Gasteiger charge is 2.39. The standard InChI is InChI=1S/C56H87N11O14S.C41H82N8O4/c1-31(2)20-43(48(73)26-38(51(58)77)23-39-29-61-30-63-39)65-54(80)37(11-9-18-62-56(59)60)25-46(71)44(22-35-12-14-40(70)15-13-35)66-53(79)36(10-7-8-17-57)24-47(72)45(28-50(75)76)67-55(81)41(34(5)69)27-49(74)42(16-19-82-6)64-52(78)32(3)21-33(4)68;1-5-6-7-8-9-10-11-12-13-14-15-16-17-26-38(51)48-36(25-19-21-28-43)40(53)49-35(24-18-20-27-42)37(50)31-34(30-32(2)3)39(52)47-33(4)23-22-29-46-41(44)45/h12-15,29-32,34,36-38,41-45,69-70H,7-11,16-28,57H2,1-6H3,(H2,58,77)(H,61,63)(H,64,78)(H,65,80)(H,66,79)(H,67,81)(H,75,76)(H4,59,60,62);32-36H,5-31,42-43H2,1-4H3,(H,47,52)(H,48,51)(H,49,53)(H4,44,45,46)/t32-,34-,36-,37-,38-,41+,42+,43+,44+,45+;33-,34-,35+,36+/m11/s1. The van der Waals surface area contributed by atoms with Crippen LogP contribution < -0.4 is 83.1 Å². The number of hydrogen-bond acceptors (Lipinski definition) is 24. The van der Waals surface area contributed by atoms with Gasteiger partial charge in [0.05, 0.1) is 60.9 Å². The molecule has 0 spiro atoms. The number of aliphatic carboxylic acids is 1. The van der Waals surface area contributed by atoms with Gasteiger partial charge in [-0.2, -0.15) is 11.8 Å². The zero-order valence-electron chi connectivity index (χ0n) is 82.4. The monoisotopic (exact) mass is 1920 g/mol. The van der Waals surface area contributed by atoms with E-state index in [9.17, 15) is 87.2 Å². The number of H-pyrrole nitrogens is 1.